The Morgan fingerprint density at radius 2 is 2.19 bits per heavy atom. The second-order valence-corrected chi connectivity index (χ2v) is 5.17. The summed E-state index contributed by atoms with van der Waals surface area (Å²) in [4.78, 5) is 4.63. The normalized spacial score (nSPS) is 15.4. The van der Waals surface area contributed by atoms with Gasteiger partial charge in [0.25, 0.3) is 0 Å². The van der Waals surface area contributed by atoms with E-state index < -0.39 is 0 Å². The van der Waals surface area contributed by atoms with Gasteiger partial charge >= 0.3 is 0 Å². The van der Waals surface area contributed by atoms with E-state index in [9.17, 15) is 4.39 Å². The molecular formula is C13H12FNS. The van der Waals surface area contributed by atoms with Crippen LogP contribution in [-0.4, -0.2) is 4.98 Å². The number of aromatic nitrogens is 1. The molecule has 0 saturated heterocycles. The molecule has 0 amide bonds. The molecule has 0 spiro atoms. The number of benzene rings is 1. The molecule has 1 heterocycles. The minimum absolute atomic E-state index is 0.180. The van der Waals surface area contributed by atoms with E-state index in [-0.39, 0.29) is 5.82 Å². The number of hydrogen-bond donors (Lipinski definition) is 0. The van der Waals surface area contributed by atoms with Crippen LogP contribution in [-0.2, 0) is 0 Å². The molecule has 2 aromatic rings. The Morgan fingerprint density at radius 1 is 1.38 bits per heavy atom. The summed E-state index contributed by atoms with van der Waals surface area (Å²) in [5.74, 6) is 0.506. The summed E-state index contributed by atoms with van der Waals surface area (Å²) >= 11 is 1.66. The van der Waals surface area contributed by atoms with E-state index >= 15 is 0 Å². The van der Waals surface area contributed by atoms with Gasteiger partial charge in [0, 0.05) is 16.9 Å². The monoisotopic (exact) mass is 233 g/mol. The fourth-order valence-corrected chi connectivity index (χ4v) is 2.84. The number of thiazole rings is 1. The van der Waals surface area contributed by atoms with Crippen molar-refractivity contribution < 1.29 is 4.39 Å². The first kappa shape index (κ1) is 9.97. The summed E-state index contributed by atoms with van der Waals surface area (Å²) < 4.78 is 13.0. The Kier molecular flexibility index (Phi) is 2.28. The fourth-order valence-electron chi connectivity index (χ4n) is 1.84. The van der Waals surface area contributed by atoms with Crippen molar-refractivity contribution in [1.82, 2.24) is 4.98 Å². The molecule has 1 aromatic carbocycles. The zero-order chi connectivity index (χ0) is 11.1. The van der Waals surface area contributed by atoms with Gasteiger partial charge in [0.1, 0.15) is 10.8 Å². The van der Waals surface area contributed by atoms with Gasteiger partial charge in [0.05, 0.1) is 5.69 Å². The van der Waals surface area contributed by atoms with Crippen LogP contribution in [0.2, 0.25) is 0 Å². The van der Waals surface area contributed by atoms with Crippen LogP contribution in [0.5, 0.6) is 0 Å². The molecule has 1 aromatic heterocycles. The van der Waals surface area contributed by atoms with Crippen molar-refractivity contribution in [1.29, 1.82) is 0 Å². The Labute approximate surface area is 98.0 Å². The van der Waals surface area contributed by atoms with E-state index in [0.29, 0.717) is 5.92 Å². The highest BCUT2D eigenvalue weighted by atomic mass is 32.1. The maximum Gasteiger partial charge on any atom is 0.123 e. The second-order valence-electron chi connectivity index (χ2n) is 4.31. The van der Waals surface area contributed by atoms with Crippen LogP contribution in [0.3, 0.4) is 0 Å². The maximum atomic E-state index is 13.0. The summed E-state index contributed by atoms with van der Waals surface area (Å²) in [5, 5.41) is 3.15. The van der Waals surface area contributed by atoms with Crippen molar-refractivity contribution in [2.75, 3.05) is 0 Å². The molecule has 1 aliphatic rings. The lowest BCUT2D eigenvalue weighted by Crippen LogP contribution is -1.85. The molecule has 16 heavy (non-hydrogen) atoms. The van der Waals surface area contributed by atoms with Crippen LogP contribution < -0.4 is 0 Å². The molecule has 3 heteroatoms. The number of aryl methyl sites for hydroxylation is 1. The second kappa shape index (κ2) is 3.67. The molecule has 0 aliphatic heterocycles. The van der Waals surface area contributed by atoms with Crippen molar-refractivity contribution in [3.8, 4) is 10.6 Å². The predicted molar refractivity (Wildman–Crippen MR) is 64.2 cm³/mol. The number of hydrogen-bond acceptors (Lipinski definition) is 2. The summed E-state index contributed by atoms with van der Waals surface area (Å²) in [6.07, 6.45) is 2.54. The molecule has 1 aliphatic carbocycles. The van der Waals surface area contributed by atoms with Crippen LogP contribution in [0.1, 0.15) is 30.0 Å². The van der Waals surface area contributed by atoms with Gasteiger partial charge in [0.2, 0.25) is 0 Å². The Balaban J connectivity index is 2.00. The summed E-state index contributed by atoms with van der Waals surface area (Å²) in [6, 6.07) is 4.88. The third-order valence-electron chi connectivity index (χ3n) is 2.94. The van der Waals surface area contributed by atoms with E-state index in [2.05, 4.69) is 10.4 Å². The highest BCUT2D eigenvalue weighted by Gasteiger charge is 2.26. The Hall–Kier alpha value is -1.22. The molecule has 0 atom stereocenters. The maximum absolute atomic E-state index is 13.0. The third kappa shape index (κ3) is 1.76. The Bertz CT molecular complexity index is 528. The van der Waals surface area contributed by atoms with E-state index in [1.807, 2.05) is 13.0 Å². The molecule has 0 bridgehead atoms. The fraction of sp³-hybridized carbons (Fsp3) is 0.308. The van der Waals surface area contributed by atoms with E-state index in [0.717, 1.165) is 16.1 Å². The lowest BCUT2D eigenvalue weighted by Gasteiger charge is -2.01. The number of nitrogens with zero attached hydrogens (tertiary/aromatic N) is 1. The first-order chi connectivity index (χ1) is 7.74. The van der Waals surface area contributed by atoms with Gasteiger partial charge in [-0.05, 0) is 43.5 Å². The van der Waals surface area contributed by atoms with E-state index in [1.165, 1.54) is 24.6 Å². The topological polar surface area (TPSA) is 12.9 Å². The van der Waals surface area contributed by atoms with Gasteiger partial charge in [-0.25, -0.2) is 9.37 Å². The Morgan fingerprint density at radius 3 is 2.88 bits per heavy atom. The smallest absolute Gasteiger partial charge is 0.123 e. The van der Waals surface area contributed by atoms with Gasteiger partial charge < -0.3 is 0 Å². The average molecular weight is 233 g/mol. The average Bonchev–Trinajstić information content (AvgIpc) is 2.98. The molecular weight excluding hydrogens is 221 g/mol. The number of halogens is 1. The van der Waals surface area contributed by atoms with Gasteiger partial charge in [-0.2, -0.15) is 0 Å². The molecule has 82 valence electrons. The highest BCUT2D eigenvalue weighted by molar-refractivity contribution is 7.13. The molecule has 0 N–H and O–H groups in total. The van der Waals surface area contributed by atoms with E-state index in [4.69, 9.17) is 0 Å². The van der Waals surface area contributed by atoms with Crippen molar-refractivity contribution in [2.24, 2.45) is 0 Å². The SMILES string of the molecule is Cc1cc(F)ccc1-c1nc(C2CC2)cs1. The quantitative estimate of drug-likeness (QED) is 0.759. The lowest BCUT2D eigenvalue weighted by molar-refractivity contribution is 0.627. The molecule has 3 rings (SSSR count). The van der Waals surface area contributed by atoms with Crippen LogP contribution in [0.25, 0.3) is 10.6 Å². The van der Waals surface area contributed by atoms with Crippen molar-refractivity contribution in [3.05, 3.63) is 40.7 Å². The molecule has 1 fully saturated rings. The zero-order valence-corrected chi connectivity index (χ0v) is 9.85. The zero-order valence-electron chi connectivity index (χ0n) is 9.03. The van der Waals surface area contributed by atoms with Crippen LogP contribution in [0, 0.1) is 12.7 Å². The highest BCUT2D eigenvalue weighted by Crippen LogP contribution is 2.41. The molecule has 1 saturated carbocycles. The van der Waals surface area contributed by atoms with Crippen LogP contribution in [0.15, 0.2) is 23.6 Å². The van der Waals surface area contributed by atoms with Gasteiger partial charge in [-0.15, -0.1) is 11.3 Å². The van der Waals surface area contributed by atoms with Gasteiger partial charge in [-0.1, -0.05) is 0 Å². The predicted octanol–water partition coefficient (Wildman–Crippen LogP) is 4.14. The molecule has 0 radical (unpaired) electrons. The first-order valence-corrected chi connectivity index (χ1v) is 6.34. The van der Waals surface area contributed by atoms with Crippen molar-refractivity contribution in [3.63, 3.8) is 0 Å². The van der Waals surface area contributed by atoms with Gasteiger partial charge in [0.15, 0.2) is 0 Å². The molecule has 0 unspecified atom stereocenters. The minimum atomic E-state index is -0.180. The summed E-state index contributed by atoms with van der Waals surface area (Å²) in [5.41, 5.74) is 3.22. The van der Waals surface area contributed by atoms with Gasteiger partial charge in [-0.3, -0.25) is 0 Å². The summed E-state index contributed by atoms with van der Waals surface area (Å²) in [7, 11) is 0. The van der Waals surface area contributed by atoms with Crippen LogP contribution in [0.4, 0.5) is 4.39 Å². The molecule has 1 nitrogen and oxygen atoms in total. The third-order valence-corrected chi connectivity index (χ3v) is 3.83. The minimum Gasteiger partial charge on any atom is -0.241 e. The largest absolute Gasteiger partial charge is 0.241 e. The standard InChI is InChI=1S/C13H12FNS/c1-8-6-10(14)4-5-11(8)13-15-12(7-16-13)9-2-3-9/h4-7,9H,2-3H2,1H3. The van der Waals surface area contributed by atoms with Crippen molar-refractivity contribution in [2.45, 2.75) is 25.7 Å². The first-order valence-electron chi connectivity index (χ1n) is 5.46. The van der Waals surface area contributed by atoms with Crippen LogP contribution >= 0.6 is 11.3 Å². The summed E-state index contributed by atoms with van der Waals surface area (Å²) in [6.45, 7) is 1.93. The lowest BCUT2D eigenvalue weighted by atomic mass is 10.1. The number of rotatable bonds is 2. The van der Waals surface area contributed by atoms with Crippen molar-refractivity contribution >= 4 is 11.3 Å². The van der Waals surface area contributed by atoms with E-state index in [1.54, 1.807) is 17.4 Å².